The molecular weight excluding hydrogens is 441 g/mol. The lowest BCUT2D eigenvalue weighted by atomic mass is 10.3. The maximum absolute atomic E-state index is 5.85. The first-order valence-electron chi connectivity index (χ1n) is 7.36. The highest BCUT2D eigenvalue weighted by Gasteiger charge is 2.07. The Morgan fingerprint density at radius 3 is 2.67 bits per heavy atom. The number of halogens is 2. The van der Waals surface area contributed by atoms with E-state index in [2.05, 4.69) is 15.3 Å². The molecule has 0 amide bonds. The second-order valence-electron chi connectivity index (χ2n) is 5.08. The Balaban J connectivity index is 0.00000288. The Kier molecular flexibility index (Phi) is 8.91. The van der Waals surface area contributed by atoms with Crippen molar-refractivity contribution in [1.29, 1.82) is 0 Å². The molecule has 2 aromatic rings. The lowest BCUT2D eigenvalue weighted by molar-refractivity contribution is 0.281. The average Bonchev–Trinajstić information content (AvgIpc) is 2.95. The molecule has 0 saturated carbocycles. The van der Waals surface area contributed by atoms with E-state index < -0.39 is 0 Å². The molecule has 0 fully saturated rings. The molecule has 6 nitrogen and oxygen atoms in total. The van der Waals surface area contributed by atoms with Crippen LogP contribution in [-0.2, 0) is 13.6 Å². The Hall–Kier alpha value is -1.48. The minimum Gasteiger partial charge on any atom is -0.492 e. The number of imidazole rings is 1. The van der Waals surface area contributed by atoms with Crippen molar-refractivity contribution in [3.63, 3.8) is 0 Å². The lowest BCUT2D eigenvalue weighted by Crippen LogP contribution is -2.40. The van der Waals surface area contributed by atoms with Crippen LogP contribution in [0, 0.1) is 0 Å². The standard InChI is InChI=1S/C16H22ClN5O.HI/c1-18-16(20-12-15-19-8-9-21(15)2)22(3)10-11-23-14-6-4-13(17)5-7-14;/h4-9H,10-12H2,1-3H3,(H,18,20);1H. The molecule has 1 N–H and O–H groups in total. The minimum atomic E-state index is 0. The molecule has 0 aliphatic carbocycles. The molecule has 2 rings (SSSR count). The first-order chi connectivity index (χ1) is 11.1. The van der Waals surface area contributed by atoms with Gasteiger partial charge in [0.2, 0.25) is 0 Å². The van der Waals surface area contributed by atoms with Gasteiger partial charge in [-0.15, -0.1) is 24.0 Å². The van der Waals surface area contributed by atoms with Gasteiger partial charge in [-0.2, -0.15) is 0 Å². The smallest absolute Gasteiger partial charge is 0.193 e. The van der Waals surface area contributed by atoms with E-state index in [1.165, 1.54) is 0 Å². The summed E-state index contributed by atoms with van der Waals surface area (Å²) in [6.45, 7) is 1.89. The van der Waals surface area contributed by atoms with Crippen LogP contribution in [0.25, 0.3) is 0 Å². The number of aromatic nitrogens is 2. The number of rotatable bonds is 6. The largest absolute Gasteiger partial charge is 0.492 e. The zero-order valence-corrected chi connectivity index (χ0v) is 17.2. The van der Waals surface area contributed by atoms with Crippen molar-refractivity contribution in [2.75, 3.05) is 27.2 Å². The van der Waals surface area contributed by atoms with Crippen LogP contribution >= 0.6 is 35.6 Å². The molecule has 0 radical (unpaired) electrons. The van der Waals surface area contributed by atoms with E-state index in [0.29, 0.717) is 24.7 Å². The molecule has 0 saturated heterocycles. The molecule has 1 aromatic carbocycles. The number of benzene rings is 1. The summed E-state index contributed by atoms with van der Waals surface area (Å²) in [6, 6.07) is 7.34. The number of likely N-dealkylation sites (N-methyl/N-ethyl adjacent to an activating group) is 1. The maximum atomic E-state index is 5.85. The fraction of sp³-hybridized carbons (Fsp3) is 0.375. The molecule has 0 aliphatic heterocycles. The first-order valence-corrected chi connectivity index (χ1v) is 7.74. The SMILES string of the molecule is CN=C(NCc1nccn1C)N(C)CCOc1ccc(Cl)cc1.I. The van der Waals surface area contributed by atoms with Crippen molar-refractivity contribution in [3.8, 4) is 5.75 Å². The maximum Gasteiger partial charge on any atom is 0.193 e. The van der Waals surface area contributed by atoms with Crippen LogP contribution in [0.4, 0.5) is 0 Å². The summed E-state index contributed by atoms with van der Waals surface area (Å²) in [5.41, 5.74) is 0. The zero-order valence-electron chi connectivity index (χ0n) is 14.1. The van der Waals surface area contributed by atoms with Gasteiger partial charge < -0.3 is 19.5 Å². The van der Waals surface area contributed by atoms with Crippen molar-refractivity contribution in [3.05, 3.63) is 47.5 Å². The summed E-state index contributed by atoms with van der Waals surface area (Å²) in [5, 5.41) is 3.99. The Labute approximate surface area is 164 Å². The number of nitrogens with zero attached hydrogens (tertiary/aromatic N) is 4. The van der Waals surface area contributed by atoms with Gasteiger partial charge in [0, 0.05) is 38.6 Å². The van der Waals surface area contributed by atoms with E-state index in [1.54, 1.807) is 13.2 Å². The molecule has 1 aromatic heterocycles. The van der Waals surface area contributed by atoms with Gasteiger partial charge >= 0.3 is 0 Å². The van der Waals surface area contributed by atoms with Gasteiger partial charge in [0.1, 0.15) is 18.2 Å². The third-order valence-electron chi connectivity index (χ3n) is 3.41. The molecule has 0 aliphatic rings. The van der Waals surface area contributed by atoms with Crippen LogP contribution in [0.5, 0.6) is 5.75 Å². The Morgan fingerprint density at radius 2 is 2.08 bits per heavy atom. The van der Waals surface area contributed by atoms with E-state index in [-0.39, 0.29) is 24.0 Å². The van der Waals surface area contributed by atoms with Crippen molar-refractivity contribution in [1.82, 2.24) is 19.8 Å². The number of nitrogens with one attached hydrogen (secondary N) is 1. The molecule has 1 heterocycles. The average molecular weight is 464 g/mol. The number of hydrogen-bond donors (Lipinski definition) is 1. The zero-order chi connectivity index (χ0) is 16.7. The van der Waals surface area contributed by atoms with Crippen molar-refractivity contribution in [2.45, 2.75) is 6.54 Å². The van der Waals surface area contributed by atoms with Crippen molar-refractivity contribution < 1.29 is 4.74 Å². The van der Waals surface area contributed by atoms with E-state index >= 15 is 0 Å². The van der Waals surface area contributed by atoms with Gasteiger partial charge in [0.05, 0.1) is 13.1 Å². The minimum absolute atomic E-state index is 0. The highest BCUT2D eigenvalue weighted by molar-refractivity contribution is 14.0. The molecule has 0 unspecified atom stereocenters. The number of ether oxygens (including phenoxy) is 1. The van der Waals surface area contributed by atoms with Crippen LogP contribution in [0.1, 0.15) is 5.82 Å². The summed E-state index contributed by atoms with van der Waals surface area (Å²) >= 11 is 5.85. The van der Waals surface area contributed by atoms with E-state index in [9.17, 15) is 0 Å². The van der Waals surface area contributed by atoms with Gasteiger partial charge in [0.25, 0.3) is 0 Å². The van der Waals surface area contributed by atoms with E-state index in [1.807, 2.05) is 54.0 Å². The molecule has 0 bridgehead atoms. The second-order valence-corrected chi connectivity index (χ2v) is 5.52. The fourth-order valence-electron chi connectivity index (χ4n) is 2.05. The van der Waals surface area contributed by atoms with E-state index in [0.717, 1.165) is 17.5 Å². The summed E-state index contributed by atoms with van der Waals surface area (Å²) < 4.78 is 7.67. The Morgan fingerprint density at radius 1 is 1.38 bits per heavy atom. The molecule has 24 heavy (non-hydrogen) atoms. The second kappa shape index (κ2) is 10.4. The topological polar surface area (TPSA) is 54.7 Å². The number of aliphatic imine (C=N–C) groups is 1. The fourth-order valence-corrected chi connectivity index (χ4v) is 2.17. The third kappa shape index (κ3) is 6.20. The number of aryl methyl sites for hydroxylation is 1. The molecule has 0 spiro atoms. The predicted octanol–water partition coefficient (Wildman–Crippen LogP) is 2.78. The molecular formula is C16H23ClIN5O. The number of guanidine groups is 1. The van der Waals surface area contributed by atoms with Crippen LogP contribution < -0.4 is 10.1 Å². The van der Waals surface area contributed by atoms with Crippen LogP contribution in [-0.4, -0.2) is 47.7 Å². The lowest BCUT2D eigenvalue weighted by Gasteiger charge is -2.22. The number of hydrogen-bond acceptors (Lipinski definition) is 3. The van der Waals surface area contributed by atoms with Crippen LogP contribution in [0.15, 0.2) is 41.7 Å². The third-order valence-corrected chi connectivity index (χ3v) is 3.66. The highest BCUT2D eigenvalue weighted by Crippen LogP contribution is 2.15. The van der Waals surface area contributed by atoms with Gasteiger partial charge in [-0.3, -0.25) is 4.99 Å². The first kappa shape index (κ1) is 20.6. The predicted molar refractivity (Wildman–Crippen MR) is 108 cm³/mol. The molecule has 8 heteroatoms. The summed E-state index contributed by atoms with van der Waals surface area (Å²) in [6.07, 6.45) is 3.70. The van der Waals surface area contributed by atoms with Gasteiger partial charge in [-0.1, -0.05) is 11.6 Å². The monoisotopic (exact) mass is 463 g/mol. The van der Waals surface area contributed by atoms with Crippen molar-refractivity contribution in [2.24, 2.45) is 12.0 Å². The van der Waals surface area contributed by atoms with Crippen LogP contribution in [0.2, 0.25) is 5.02 Å². The summed E-state index contributed by atoms with van der Waals surface area (Å²) in [4.78, 5) is 10.6. The molecule has 0 atom stereocenters. The Bertz CT molecular complexity index is 644. The quantitative estimate of drug-likeness (QED) is 0.407. The summed E-state index contributed by atoms with van der Waals surface area (Å²) in [5.74, 6) is 2.56. The van der Waals surface area contributed by atoms with Crippen molar-refractivity contribution >= 4 is 41.5 Å². The molecule has 132 valence electrons. The van der Waals surface area contributed by atoms with Gasteiger partial charge in [0.15, 0.2) is 5.96 Å². The van der Waals surface area contributed by atoms with E-state index in [4.69, 9.17) is 16.3 Å². The van der Waals surface area contributed by atoms with Gasteiger partial charge in [-0.05, 0) is 24.3 Å². The highest BCUT2D eigenvalue weighted by atomic mass is 127. The van der Waals surface area contributed by atoms with Gasteiger partial charge in [-0.25, -0.2) is 4.98 Å². The van der Waals surface area contributed by atoms with Crippen LogP contribution in [0.3, 0.4) is 0 Å². The normalized spacial score (nSPS) is 10.9. The summed E-state index contributed by atoms with van der Waals surface area (Å²) in [7, 11) is 5.70.